The molecule has 0 spiro atoms. The summed E-state index contributed by atoms with van der Waals surface area (Å²) in [7, 11) is 0. The minimum absolute atomic E-state index is 0.0538. The Morgan fingerprint density at radius 3 is 2.37 bits per heavy atom. The topological polar surface area (TPSA) is 69.6 Å². The van der Waals surface area contributed by atoms with Gasteiger partial charge in [0.05, 0.1) is 16.3 Å². The molecule has 1 atom stereocenters. The van der Waals surface area contributed by atoms with Crippen molar-refractivity contribution in [2.45, 2.75) is 24.9 Å². The van der Waals surface area contributed by atoms with Crippen LogP contribution in [-0.4, -0.2) is 29.4 Å². The summed E-state index contributed by atoms with van der Waals surface area (Å²) in [5.74, 6) is -5.22. The number of fused-ring (bicyclic) bond motifs is 1. The maximum atomic E-state index is 14.8. The van der Waals surface area contributed by atoms with Crippen molar-refractivity contribution in [1.82, 2.24) is 0 Å². The van der Waals surface area contributed by atoms with E-state index < -0.39 is 35.6 Å². The molecule has 3 aromatic carbocycles. The Balaban J connectivity index is 1.59. The van der Waals surface area contributed by atoms with Crippen LogP contribution in [0.3, 0.4) is 0 Å². The number of benzene rings is 3. The van der Waals surface area contributed by atoms with Crippen molar-refractivity contribution in [3.63, 3.8) is 0 Å². The summed E-state index contributed by atoms with van der Waals surface area (Å²) < 4.78 is 42.7. The number of carbonyl (C=O) groups excluding carboxylic acids is 2. The number of hydrogen-bond donors (Lipinski definition) is 2. The van der Waals surface area contributed by atoms with E-state index >= 15 is 0 Å². The normalized spacial score (nSPS) is 19.0. The first-order valence-corrected chi connectivity index (χ1v) is 11.2. The molecule has 0 radical (unpaired) electrons. The van der Waals surface area contributed by atoms with Gasteiger partial charge in [0.25, 0.3) is 17.7 Å². The summed E-state index contributed by atoms with van der Waals surface area (Å²) >= 11 is 11.9. The highest BCUT2D eigenvalue weighted by atomic mass is 35.5. The van der Waals surface area contributed by atoms with Gasteiger partial charge in [0.15, 0.2) is 5.60 Å². The van der Waals surface area contributed by atoms with Crippen molar-refractivity contribution in [3.8, 4) is 0 Å². The molecule has 0 bridgehead atoms. The number of rotatable bonds is 3. The minimum Gasteiger partial charge on any atom is -0.379 e. The van der Waals surface area contributed by atoms with Crippen LogP contribution >= 0.6 is 23.2 Å². The lowest BCUT2D eigenvalue weighted by atomic mass is 9.87. The highest BCUT2D eigenvalue weighted by Gasteiger charge is 2.53. The van der Waals surface area contributed by atoms with Crippen LogP contribution in [0.25, 0.3) is 0 Å². The molecule has 0 unspecified atom stereocenters. The number of carbonyl (C=O) groups is 2. The summed E-state index contributed by atoms with van der Waals surface area (Å²) in [6.45, 7) is 0.666. The quantitative estimate of drug-likeness (QED) is 0.425. The second-order valence-electron chi connectivity index (χ2n) is 8.30. The van der Waals surface area contributed by atoms with Crippen molar-refractivity contribution in [1.29, 1.82) is 0 Å². The van der Waals surface area contributed by atoms with Crippen LogP contribution in [0.1, 0.15) is 39.6 Å². The van der Waals surface area contributed by atoms with Crippen LogP contribution < -0.4 is 10.2 Å². The fourth-order valence-electron chi connectivity index (χ4n) is 3.88. The third-order valence-electron chi connectivity index (χ3n) is 5.95. The zero-order valence-corrected chi connectivity index (χ0v) is 19.8. The van der Waals surface area contributed by atoms with Gasteiger partial charge in [0.1, 0.15) is 5.82 Å². The van der Waals surface area contributed by atoms with Crippen LogP contribution in [0.5, 0.6) is 0 Å². The largest absolute Gasteiger partial charge is 0.379 e. The maximum Gasteiger partial charge on any atom is 0.281 e. The smallest absolute Gasteiger partial charge is 0.281 e. The van der Waals surface area contributed by atoms with E-state index in [1.165, 1.54) is 53.4 Å². The number of nitrogens with zero attached hydrogens (tertiary/aromatic N) is 1. The van der Waals surface area contributed by atoms with Crippen LogP contribution in [0, 0.1) is 5.82 Å². The molecule has 0 aliphatic carbocycles. The van der Waals surface area contributed by atoms with Crippen molar-refractivity contribution in [2.75, 3.05) is 16.8 Å². The highest BCUT2D eigenvalue weighted by Crippen LogP contribution is 2.47. The monoisotopic (exact) mass is 522 g/mol. The van der Waals surface area contributed by atoms with E-state index in [9.17, 15) is 27.9 Å². The third kappa shape index (κ3) is 4.74. The molecule has 10 heteroatoms. The van der Waals surface area contributed by atoms with E-state index in [4.69, 9.17) is 23.2 Å². The predicted octanol–water partition coefficient (Wildman–Crippen LogP) is 6.28. The van der Waals surface area contributed by atoms with Gasteiger partial charge in [0, 0.05) is 34.8 Å². The zero-order chi connectivity index (χ0) is 25.5. The van der Waals surface area contributed by atoms with Crippen LogP contribution in [-0.2, 0) is 5.60 Å². The van der Waals surface area contributed by atoms with Gasteiger partial charge < -0.3 is 15.3 Å². The molecule has 0 fully saturated rings. The molecule has 1 aliphatic heterocycles. The fraction of sp³-hybridized carbons (Fsp3) is 0.200. The summed E-state index contributed by atoms with van der Waals surface area (Å²) in [5, 5.41) is 13.4. The summed E-state index contributed by atoms with van der Waals surface area (Å²) in [6, 6.07) is 13.3. The number of aliphatic hydroxyl groups is 1. The molecule has 35 heavy (non-hydrogen) atoms. The minimum atomic E-state index is -3.50. The Morgan fingerprint density at radius 2 is 1.71 bits per heavy atom. The highest BCUT2D eigenvalue weighted by molar-refractivity contribution is 6.34. The number of amides is 2. The number of hydrogen-bond acceptors (Lipinski definition) is 3. The molecular formula is C25H19Cl2F3N2O3. The van der Waals surface area contributed by atoms with Crippen LogP contribution in [0.2, 0.25) is 10.0 Å². The van der Waals surface area contributed by atoms with E-state index in [-0.39, 0.29) is 39.0 Å². The zero-order valence-electron chi connectivity index (χ0n) is 18.3. The molecule has 182 valence electrons. The van der Waals surface area contributed by atoms with Gasteiger partial charge in [-0.2, -0.15) is 0 Å². The SMILES string of the molecule is C[C@@]1(O)c2cc(Cl)ccc2N(C(=O)c2ccc(NC(=O)c3ccc(F)cc3Cl)cc2)CCC1(F)F. The Labute approximate surface area is 209 Å². The summed E-state index contributed by atoms with van der Waals surface area (Å²) in [4.78, 5) is 26.9. The van der Waals surface area contributed by atoms with Gasteiger partial charge in [-0.3, -0.25) is 9.59 Å². The number of nitrogens with one attached hydrogen (secondary N) is 1. The molecular weight excluding hydrogens is 504 g/mol. The fourth-order valence-corrected chi connectivity index (χ4v) is 4.31. The van der Waals surface area contributed by atoms with Crippen molar-refractivity contribution < 1.29 is 27.9 Å². The molecule has 0 saturated carbocycles. The van der Waals surface area contributed by atoms with Crippen molar-refractivity contribution in [2.24, 2.45) is 0 Å². The first kappa shape index (κ1) is 25.0. The lowest BCUT2D eigenvalue weighted by molar-refractivity contribution is -0.177. The number of alkyl halides is 2. The predicted molar refractivity (Wildman–Crippen MR) is 128 cm³/mol. The van der Waals surface area contributed by atoms with Gasteiger partial charge in [0.2, 0.25) is 0 Å². The van der Waals surface area contributed by atoms with E-state index in [1.807, 2.05) is 0 Å². The second-order valence-corrected chi connectivity index (χ2v) is 9.14. The van der Waals surface area contributed by atoms with E-state index in [0.29, 0.717) is 5.69 Å². The van der Waals surface area contributed by atoms with Gasteiger partial charge >= 0.3 is 0 Å². The van der Waals surface area contributed by atoms with Crippen molar-refractivity contribution in [3.05, 3.63) is 93.2 Å². The molecule has 0 saturated heterocycles. The third-order valence-corrected chi connectivity index (χ3v) is 6.49. The molecule has 2 N–H and O–H groups in total. The lowest BCUT2D eigenvalue weighted by Crippen LogP contribution is -2.42. The first-order chi connectivity index (χ1) is 16.4. The Hall–Kier alpha value is -3.07. The van der Waals surface area contributed by atoms with E-state index in [2.05, 4.69) is 5.32 Å². The summed E-state index contributed by atoms with van der Waals surface area (Å²) in [5.41, 5.74) is -1.97. The Kier molecular flexibility index (Phi) is 6.57. The first-order valence-electron chi connectivity index (χ1n) is 10.5. The van der Waals surface area contributed by atoms with Crippen molar-refractivity contribution >= 4 is 46.4 Å². The number of anilines is 2. The number of halogens is 5. The lowest BCUT2D eigenvalue weighted by Gasteiger charge is -2.32. The van der Waals surface area contributed by atoms with E-state index in [1.54, 1.807) is 0 Å². The molecule has 1 aliphatic rings. The average molecular weight is 523 g/mol. The van der Waals surface area contributed by atoms with E-state index in [0.717, 1.165) is 19.1 Å². The van der Waals surface area contributed by atoms with Gasteiger partial charge in [-0.15, -0.1) is 0 Å². The Bertz CT molecular complexity index is 1310. The molecule has 2 amide bonds. The standard InChI is InChI=1S/C25H19Cl2F3N2O3/c1-24(35)19-12-15(26)4-9-21(19)32(11-10-25(24,29)30)23(34)14-2-6-17(7-3-14)31-22(33)18-8-5-16(28)13-20(18)27/h2-9,12-13,35H,10-11H2,1H3,(H,31,33)/t24-/m1/s1. The molecule has 1 heterocycles. The second kappa shape index (κ2) is 9.18. The van der Waals surface area contributed by atoms with Crippen LogP contribution in [0.15, 0.2) is 60.7 Å². The molecule has 5 nitrogen and oxygen atoms in total. The van der Waals surface area contributed by atoms with Gasteiger partial charge in [-0.05, 0) is 67.6 Å². The average Bonchev–Trinajstić information content (AvgIpc) is 2.86. The summed E-state index contributed by atoms with van der Waals surface area (Å²) in [6.07, 6.45) is -0.759. The molecule has 0 aromatic heterocycles. The van der Waals surface area contributed by atoms with Crippen LogP contribution in [0.4, 0.5) is 24.5 Å². The maximum absolute atomic E-state index is 14.8. The van der Waals surface area contributed by atoms with Gasteiger partial charge in [-0.1, -0.05) is 23.2 Å². The molecule has 3 aromatic rings. The molecule has 4 rings (SSSR count). The Morgan fingerprint density at radius 1 is 1.03 bits per heavy atom. The van der Waals surface area contributed by atoms with Gasteiger partial charge in [-0.25, -0.2) is 13.2 Å².